The first-order valence-corrected chi connectivity index (χ1v) is 8.00. The van der Waals surface area contributed by atoms with E-state index in [9.17, 15) is 24.3 Å². The molecule has 0 aromatic rings. The first-order chi connectivity index (χ1) is 11.2. The Morgan fingerprint density at radius 2 is 1.92 bits per heavy atom. The number of hydrogen-bond donors (Lipinski definition) is 4. The van der Waals surface area contributed by atoms with Crippen LogP contribution in [0.15, 0.2) is 0 Å². The summed E-state index contributed by atoms with van der Waals surface area (Å²) >= 11 is 0. The van der Waals surface area contributed by atoms with Crippen molar-refractivity contribution in [2.24, 2.45) is 11.7 Å². The summed E-state index contributed by atoms with van der Waals surface area (Å²) in [6, 6.07) is -3.07. The lowest BCUT2D eigenvalue weighted by Crippen LogP contribution is -2.55. The third-order valence-electron chi connectivity index (χ3n) is 4.33. The topological polar surface area (TPSA) is 150 Å². The van der Waals surface area contributed by atoms with Gasteiger partial charge in [-0.1, -0.05) is 20.3 Å². The summed E-state index contributed by atoms with van der Waals surface area (Å²) in [6.07, 6.45) is 1.03. The standard InChI is InChI=1S/C15H25N3O6/c1-3-8(2)12(15(23)24)17-13(21)10-5-4-6-18(10)14(22)9(16)7-11(19)20/h8-10,12H,3-7,16H2,1-2H3,(H,17,21)(H,19,20)(H,23,24)/t8-,9-,10-,12-/m0/s1. The van der Waals surface area contributed by atoms with Crippen LogP contribution in [0.2, 0.25) is 0 Å². The van der Waals surface area contributed by atoms with Crippen LogP contribution in [0.1, 0.15) is 39.5 Å². The fourth-order valence-corrected chi connectivity index (χ4v) is 2.72. The molecule has 0 unspecified atom stereocenters. The minimum absolute atomic E-state index is 0.258. The number of nitrogens with zero attached hydrogens (tertiary/aromatic N) is 1. The van der Waals surface area contributed by atoms with Gasteiger partial charge in [-0.3, -0.25) is 14.4 Å². The van der Waals surface area contributed by atoms with Gasteiger partial charge in [0.2, 0.25) is 11.8 Å². The molecule has 0 radical (unpaired) electrons. The molecule has 0 saturated carbocycles. The van der Waals surface area contributed by atoms with Crippen molar-refractivity contribution in [2.75, 3.05) is 6.54 Å². The highest BCUT2D eigenvalue weighted by Gasteiger charge is 2.38. The van der Waals surface area contributed by atoms with Crippen molar-refractivity contribution in [3.8, 4) is 0 Å². The summed E-state index contributed by atoms with van der Waals surface area (Å²) < 4.78 is 0. The van der Waals surface area contributed by atoms with Gasteiger partial charge in [-0.15, -0.1) is 0 Å². The summed E-state index contributed by atoms with van der Waals surface area (Å²) in [5.74, 6) is -3.73. The van der Waals surface area contributed by atoms with Crippen molar-refractivity contribution in [3.05, 3.63) is 0 Å². The number of amides is 2. The van der Waals surface area contributed by atoms with Crippen molar-refractivity contribution in [3.63, 3.8) is 0 Å². The van der Waals surface area contributed by atoms with Crippen LogP contribution >= 0.6 is 0 Å². The SMILES string of the molecule is CC[C@H](C)[C@H](NC(=O)[C@@H]1CCCN1C(=O)[C@@H](N)CC(=O)O)C(=O)O. The second-order valence-electron chi connectivity index (χ2n) is 6.10. The van der Waals surface area contributed by atoms with E-state index in [0.717, 1.165) is 0 Å². The van der Waals surface area contributed by atoms with Gasteiger partial charge < -0.3 is 26.2 Å². The van der Waals surface area contributed by atoms with Gasteiger partial charge in [-0.25, -0.2) is 4.79 Å². The second kappa shape index (κ2) is 8.62. The number of carbonyl (C=O) groups is 4. The second-order valence-corrected chi connectivity index (χ2v) is 6.10. The lowest BCUT2D eigenvalue weighted by atomic mass is 9.98. The first kappa shape index (κ1) is 19.9. The van der Waals surface area contributed by atoms with Crippen molar-refractivity contribution < 1.29 is 29.4 Å². The molecule has 2 amide bonds. The van der Waals surface area contributed by atoms with Gasteiger partial charge >= 0.3 is 11.9 Å². The summed E-state index contributed by atoms with van der Waals surface area (Å²) in [6.45, 7) is 3.84. The van der Waals surface area contributed by atoms with E-state index in [1.54, 1.807) is 6.92 Å². The van der Waals surface area contributed by atoms with Gasteiger partial charge in [0, 0.05) is 6.54 Å². The van der Waals surface area contributed by atoms with Crippen LogP contribution in [0.25, 0.3) is 0 Å². The van der Waals surface area contributed by atoms with Gasteiger partial charge in [0.1, 0.15) is 12.1 Å². The van der Waals surface area contributed by atoms with Crippen LogP contribution in [-0.2, 0) is 19.2 Å². The number of nitrogens with one attached hydrogen (secondary N) is 1. The van der Waals surface area contributed by atoms with Crippen molar-refractivity contribution >= 4 is 23.8 Å². The molecule has 24 heavy (non-hydrogen) atoms. The fourth-order valence-electron chi connectivity index (χ4n) is 2.72. The maximum atomic E-state index is 12.4. The molecule has 0 aromatic heterocycles. The molecule has 1 fully saturated rings. The normalized spacial score (nSPS) is 21.0. The van der Waals surface area contributed by atoms with Gasteiger partial charge in [0.15, 0.2) is 0 Å². The summed E-state index contributed by atoms with van der Waals surface area (Å²) in [5.41, 5.74) is 5.58. The Morgan fingerprint density at radius 1 is 1.29 bits per heavy atom. The lowest BCUT2D eigenvalue weighted by molar-refractivity contribution is -0.146. The van der Waals surface area contributed by atoms with Crippen LogP contribution in [0.3, 0.4) is 0 Å². The third-order valence-corrected chi connectivity index (χ3v) is 4.33. The van der Waals surface area contributed by atoms with Crippen LogP contribution in [-0.4, -0.2) is 63.5 Å². The molecular formula is C15H25N3O6. The van der Waals surface area contributed by atoms with E-state index in [-0.39, 0.29) is 5.92 Å². The average Bonchev–Trinajstić information content (AvgIpc) is 2.99. The number of likely N-dealkylation sites (tertiary alicyclic amines) is 1. The Morgan fingerprint density at radius 3 is 2.42 bits per heavy atom. The molecule has 5 N–H and O–H groups in total. The summed E-state index contributed by atoms with van der Waals surface area (Å²) in [5, 5.41) is 20.5. The quantitative estimate of drug-likeness (QED) is 0.459. The monoisotopic (exact) mass is 343 g/mol. The van der Waals surface area contributed by atoms with Gasteiger partial charge in [-0.2, -0.15) is 0 Å². The Balaban J connectivity index is 2.79. The molecule has 1 aliphatic rings. The van der Waals surface area contributed by atoms with E-state index in [2.05, 4.69) is 5.32 Å². The number of nitrogens with two attached hydrogens (primary N) is 1. The smallest absolute Gasteiger partial charge is 0.326 e. The van der Waals surface area contributed by atoms with Gasteiger partial charge in [0.25, 0.3) is 0 Å². The number of carboxylic acids is 2. The van der Waals surface area contributed by atoms with Crippen LogP contribution in [0.5, 0.6) is 0 Å². The number of hydrogen-bond acceptors (Lipinski definition) is 5. The molecule has 9 nitrogen and oxygen atoms in total. The van der Waals surface area contributed by atoms with E-state index in [4.69, 9.17) is 10.8 Å². The summed E-state index contributed by atoms with van der Waals surface area (Å²) in [7, 11) is 0. The van der Waals surface area contributed by atoms with Gasteiger partial charge in [0.05, 0.1) is 12.5 Å². The molecule has 0 aliphatic carbocycles. The maximum Gasteiger partial charge on any atom is 0.326 e. The minimum Gasteiger partial charge on any atom is -0.481 e. The number of aliphatic carboxylic acids is 2. The molecule has 0 spiro atoms. The summed E-state index contributed by atoms with van der Waals surface area (Å²) in [4.78, 5) is 47.9. The van der Waals surface area contributed by atoms with Gasteiger partial charge in [-0.05, 0) is 18.8 Å². The fraction of sp³-hybridized carbons (Fsp3) is 0.733. The molecule has 1 saturated heterocycles. The van der Waals surface area contributed by atoms with E-state index in [1.165, 1.54) is 4.90 Å². The molecule has 1 rings (SSSR count). The first-order valence-electron chi connectivity index (χ1n) is 8.00. The van der Waals surface area contributed by atoms with Crippen molar-refractivity contribution in [1.82, 2.24) is 10.2 Å². The molecule has 0 aromatic carbocycles. The average molecular weight is 343 g/mol. The maximum absolute atomic E-state index is 12.4. The number of rotatable bonds is 8. The van der Waals surface area contributed by atoms with Crippen LogP contribution in [0, 0.1) is 5.92 Å². The molecular weight excluding hydrogens is 318 g/mol. The van der Waals surface area contributed by atoms with E-state index in [1.807, 2.05) is 6.92 Å². The highest BCUT2D eigenvalue weighted by molar-refractivity contribution is 5.93. The Labute approximate surface area is 140 Å². The van der Waals surface area contributed by atoms with Crippen LogP contribution in [0.4, 0.5) is 0 Å². The Bertz CT molecular complexity index is 509. The zero-order chi connectivity index (χ0) is 18.4. The molecule has 1 aliphatic heterocycles. The van der Waals surface area contributed by atoms with Crippen molar-refractivity contribution in [1.29, 1.82) is 0 Å². The van der Waals surface area contributed by atoms with E-state index >= 15 is 0 Å². The zero-order valence-corrected chi connectivity index (χ0v) is 13.9. The van der Waals surface area contributed by atoms with Crippen molar-refractivity contribution in [2.45, 2.75) is 57.7 Å². The number of carbonyl (C=O) groups excluding carboxylic acids is 2. The lowest BCUT2D eigenvalue weighted by Gasteiger charge is -2.28. The molecule has 1 heterocycles. The Kier molecular flexibility index (Phi) is 7.15. The predicted molar refractivity (Wildman–Crippen MR) is 84.0 cm³/mol. The highest BCUT2D eigenvalue weighted by Crippen LogP contribution is 2.20. The largest absolute Gasteiger partial charge is 0.481 e. The Hall–Kier alpha value is -2.16. The molecule has 4 atom stereocenters. The molecule has 9 heteroatoms. The molecule has 0 bridgehead atoms. The minimum atomic E-state index is -1.22. The predicted octanol–water partition coefficient (Wildman–Crippen LogP) is -0.605. The van der Waals surface area contributed by atoms with Crippen LogP contribution < -0.4 is 11.1 Å². The molecule has 136 valence electrons. The van der Waals surface area contributed by atoms with E-state index in [0.29, 0.717) is 25.8 Å². The number of carboxylic acid groups (broad SMARTS) is 2. The third kappa shape index (κ3) is 4.92. The zero-order valence-electron chi connectivity index (χ0n) is 13.9. The highest BCUT2D eigenvalue weighted by atomic mass is 16.4. The van der Waals surface area contributed by atoms with E-state index < -0.39 is 48.3 Å².